The van der Waals surface area contributed by atoms with Crippen molar-refractivity contribution in [2.75, 3.05) is 11.2 Å². The van der Waals surface area contributed by atoms with E-state index in [2.05, 4.69) is 60.6 Å². The second kappa shape index (κ2) is 6.46. The first-order valence-electron chi connectivity index (χ1n) is 7.61. The van der Waals surface area contributed by atoms with E-state index in [1.54, 1.807) is 12.1 Å². The number of benzene rings is 3. The molecule has 0 bridgehead atoms. The lowest BCUT2D eigenvalue weighted by molar-refractivity contribution is 0.477. The Balaban J connectivity index is 1.98. The van der Waals surface area contributed by atoms with Crippen LogP contribution in [0, 0.1) is 6.92 Å². The Hall–Kier alpha value is -3.27. The number of nitrogens with two attached hydrogens (primary N) is 1. The molecule has 0 heterocycles. The van der Waals surface area contributed by atoms with Gasteiger partial charge in [0.25, 0.3) is 0 Å². The quantitative estimate of drug-likeness (QED) is 0.284. The first-order chi connectivity index (χ1) is 11.6. The SMILES string of the molecule is C=NNc1c(O)ccc(-c2ccc(-c3ccc(C)cc3)cc2)c1N. The fraction of sp³-hybridized carbons (Fsp3) is 0.0500. The highest BCUT2D eigenvalue weighted by molar-refractivity contribution is 5.89. The lowest BCUT2D eigenvalue weighted by Gasteiger charge is -2.13. The Morgan fingerprint density at radius 2 is 1.42 bits per heavy atom. The number of hydrogen-bond acceptors (Lipinski definition) is 4. The van der Waals surface area contributed by atoms with E-state index in [1.807, 2.05) is 12.1 Å². The third-order valence-electron chi connectivity index (χ3n) is 4.00. The van der Waals surface area contributed by atoms with Crippen LogP contribution in [0.25, 0.3) is 22.3 Å². The summed E-state index contributed by atoms with van der Waals surface area (Å²) in [6.45, 7) is 5.44. The van der Waals surface area contributed by atoms with Gasteiger partial charge in [-0.05, 0) is 35.7 Å². The summed E-state index contributed by atoms with van der Waals surface area (Å²) in [5.74, 6) is 0.0416. The third kappa shape index (κ3) is 2.94. The normalized spacial score (nSPS) is 10.4. The maximum absolute atomic E-state index is 9.88. The molecule has 24 heavy (non-hydrogen) atoms. The number of nitrogens with zero attached hydrogens (tertiary/aromatic N) is 1. The average molecular weight is 317 g/mol. The Kier molecular flexibility index (Phi) is 4.20. The van der Waals surface area contributed by atoms with Crippen molar-refractivity contribution in [2.24, 2.45) is 5.10 Å². The van der Waals surface area contributed by atoms with Gasteiger partial charge in [0.1, 0.15) is 11.4 Å². The summed E-state index contributed by atoms with van der Waals surface area (Å²) in [6.07, 6.45) is 0. The Bertz CT molecular complexity index is 869. The van der Waals surface area contributed by atoms with E-state index in [1.165, 1.54) is 11.1 Å². The molecule has 0 aliphatic heterocycles. The van der Waals surface area contributed by atoms with Crippen molar-refractivity contribution in [2.45, 2.75) is 6.92 Å². The summed E-state index contributed by atoms with van der Waals surface area (Å²) in [5.41, 5.74) is 14.9. The van der Waals surface area contributed by atoms with E-state index in [0.717, 1.165) is 16.7 Å². The van der Waals surface area contributed by atoms with Crippen LogP contribution < -0.4 is 11.2 Å². The van der Waals surface area contributed by atoms with E-state index >= 15 is 0 Å². The monoisotopic (exact) mass is 317 g/mol. The molecule has 4 heteroatoms. The van der Waals surface area contributed by atoms with E-state index in [-0.39, 0.29) is 5.75 Å². The Morgan fingerprint density at radius 3 is 2.00 bits per heavy atom. The summed E-state index contributed by atoms with van der Waals surface area (Å²) in [4.78, 5) is 0. The standard InChI is InChI=1S/C20H19N3O/c1-13-3-5-14(6-4-13)15-7-9-16(10-8-15)17-11-12-18(24)20(19(17)21)23-22-2/h3-12,23-24H,2,21H2,1H3. The van der Waals surface area contributed by atoms with E-state index in [9.17, 15) is 5.11 Å². The number of hydrogen-bond donors (Lipinski definition) is 3. The lowest BCUT2D eigenvalue weighted by atomic mass is 9.98. The van der Waals surface area contributed by atoms with Crippen LogP contribution in [-0.4, -0.2) is 11.8 Å². The minimum Gasteiger partial charge on any atom is -0.506 e. The van der Waals surface area contributed by atoms with Crippen molar-refractivity contribution in [3.05, 3.63) is 66.2 Å². The molecule has 0 aromatic heterocycles. The molecule has 0 unspecified atom stereocenters. The highest BCUT2D eigenvalue weighted by Gasteiger charge is 2.11. The van der Waals surface area contributed by atoms with Crippen molar-refractivity contribution in [1.82, 2.24) is 0 Å². The van der Waals surface area contributed by atoms with Gasteiger partial charge in [0.2, 0.25) is 0 Å². The van der Waals surface area contributed by atoms with Gasteiger partial charge in [-0.2, -0.15) is 5.10 Å². The van der Waals surface area contributed by atoms with Crippen LogP contribution in [0.2, 0.25) is 0 Å². The highest BCUT2D eigenvalue weighted by Crippen LogP contribution is 2.38. The zero-order valence-electron chi connectivity index (χ0n) is 13.5. The van der Waals surface area contributed by atoms with Crippen LogP contribution in [0.1, 0.15) is 5.56 Å². The van der Waals surface area contributed by atoms with Crippen molar-refractivity contribution in [1.29, 1.82) is 0 Å². The molecular formula is C20H19N3O. The molecule has 3 aromatic rings. The number of phenolic OH excluding ortho intramolecular Hbond substituents is 1. The van der Waals surface area contributed by atoms with Crippen LogP contribution in [0.3, 0.4) is 0 Å². The smallest absolute Gasteiger partial charge is 0.142 e. The number of aryl methyl sites for hydroxylation is 1. The predicted molar refractivity (Wildman–Crippen MR) is 101 cm³/mol. The van der Waals surface area contributed by atoms with Gasteiger partial charge >= 0.3 is 0 Å². The molecule has 3 rings (SSSR count). The highest BCUT2D eigenvalue weighted by atomic mass is 16.3. The lowest BCUT2D eigenvalue weighted by Crippen LogP contribution is -1.98. The zero-order chi connectivity index (χ0) is 17.1. The maximum Gasteiger partial charge on any atom is 0.142 e. The number of rotatable bonds is 4. The predicted octanol–water partition coefficient (Wildman–Crippen LogP) is 4.64. The van der Waals surface area contributed by atoms with E-state index in [4.69, 9.17) is 5.73 Å². The van der Waals surface area contributed by atoms with Crippen LogP contribution in [-0.2, 0) is 0 Å². The number of aromatic hydroxyl groups is 1. The van der Waals surface area contributed by atoms with Crippen LogP contribution in [0.5, 0.6) is 5.75 Å². The molecule has 0 saturated heterocycles. The topological polar surface area (TPSA) is 70.6 Å². The fourth-order valence-corrected chi connectivity index (χ4v) is 2.64. The minimum absolute atomic E-state index is 0.0416. The molecule has 0 spiro atoms. The molecule has 4 nitrogen and oxygen atoms in total. The van der Waals surface area contributed by atoms with Crippen molar-refractivity contribution in [3.63, 3.8) is 0 Å². The van der Waals surface area contributed by atoms with Crippen molar-refractivity contribution in [3.8, 4) is 28.0 Å². The number of nitrogen functional groups attached to an aromatic ring is 1. The second-order valence-electron chi connectivity index (χ2n) is 5.63. The number of hydrazone groups is 1. The molecule has 0 aliphatic carbocycles. The molecule has 4 N–H and O–H groups in total. The average Bonchev–Trinajstić information content (AvgIpc) is 2.60. The van der Waals surface area contributed by atoms with Gasteiger partial charge in [0.05, 0.1) is 5.69 Å². The van der Waals surface area contributed by atoms with Gasteiger partial charge in [0.15, 0.2) is 0 Å². The van der Waals surface area contributed by atoms with Gasteiger partial charge in [-0.25, -0.2) is 0 Å². The molecule has 120 valence electrons. The largest absolute Gasteiger partial charge is 0.506 e. The van der Waals surface area contributed by atoms with Crippen LogP contribution >= 0.6 is 0 Å². The van der Waals surface area contributed by atoms with Gasteiger partial charge in [-0.3, -0.25) is 5.43 Å². The Morgan fingerprint density at radius 1 is 0.875 bits per heavy atom. The van der Waals surface area contributed by atoms with E-state index in [0.29, 0.717) is 11.4 Å². The number of phenols is 1. The zero-order valence-corrected chi connectivity index (χ0v) is 13.5. The van der Waals surface area contributed by atoms with Gasteiger partial charge in [-0.15, -0.1) is 0 Å². The van der Waals surface area contributed by atoms with Crippen molar-refractivity contribution < 1.29 is 5.11 Å². The molecule has 0 saturated carbocycles. The molecule has 0 aliphatic rings. The Labute approximate surface area is 141 Å². The fourth-order valence-electron chi connectivity index (χ4n) is 2.64. The molecule has 0 amide bonds. The summed E-state index contributed by atoms with van der Waals surface area (Å²) in [6, 6.07) is 20.0. The summed E-state index contributed by atoms with van der Waals surface area (Å²) < 4.78 is 0. The number of nitrogens with one attached hydrogen (secondary N) is 1. The van der Waals surface area contributed by atoms with Gasteiger partial charge < -0.3 is 10.8 Å². The van der Waals surface area contributed by atoms with E-state index < -0.39 is 0 Å². The van der Waals surface area contributed by atoms with Crippen LogP contribution in [0.15, 0.2) is 65.8 Å². The van der Waals surface area contributed by atoms with Gasteiger partial charge in [0, 0.05) is 12.3 Å². The first-order valence-corrected chi connectivity index (χ1v) is 7.61. The third-order valence-corrected chi connectivity index (χ3v) is 4.00. The summed E-state index contributed by atoms with van der Waals surface area (Å²) in [7, 11) is 0. The maximum atomic E-state index is 9.88. The second-order valence-corrected chi connectivity index (χ2v) is 5.63. The van der Waals surface area contributed by atoms with Crippen molar-refractivity contribution >= 4 is 18.1 Å². The summed E-state index contributed by atoms with van der Waals surface area (Å²) >= 11 is 0. The molecule has 3 aromatic carbocycles. The van der Waals surface area contributed by atoms with Gasteiger partial charge in [-0.1, -0.05) is 54.1 Å². The first kappa shape index (κ1) is 15.6. The molecule has 0 fully saturated rings. The number of anilines is 2. The minimum atomic E-state index is 0.0416. The molecule has 0 atom stereocenters. The molecule has 0 radical (unpaired) electrons. The molecular weight excluding hydrogens is 298 g/mol. The van der Waals surface area contributed by atoms with Crippen LogP contribution in [0.4, 0.5) is 11.4 Å². The summed E-state index contributed by atoms with van der Waals surface area (Å²) in [5, 5.41) is 13.5.